The molecular formula is C8H8N4O5. The van der Waals surface area contributed by atoms with Gasteiger partial charge in [-0.25, -0.2) is 14.8 Å². The van der Waals surface area contributed by atoms with Crippen molar-refractivity contribution in [2.75, 3.05) is 0 Å². The average Bonchev–Trinajstić information content (AvgIpc) is 2.75. The van der Waals surface area contributed by atoms with E-state index >= 15 is 0 Å². The largest absolute Gasteiger partial charge is 0.479 e. The lowest BCUT2D eigenvalue weighted by molar-refractivity contribution is -0.153. The molecule has 2 atom stereocenters. The van der Waals surface area contributed by atoms with Crippen LogP contribution in [0.25, 0.3) is 11.2 Å². The van der Waals surface area contributed by atoms with E-state index in [1.807, 2.05) is 0 Å². The molecule has 5 N–H and O–H groups in total. The Balaban J connectivity index is 2.49. The van der Waals surface area contributed by atoms with Crippen molar-refractivity contribution in [2.45, 2.75) is 12.2 Å². The number of H-pyrrole nitrogens is 2. The highest BCUT2D eigenvalue weighted by atomic mass is 16.4. The third-order valence-electron chi connectivity index (χ3n) is 2.15. The van der Waals surface area contributed by atoms with Gasteiger partial charge in [0.15, 0.2) is 17.3 Å². The smallest absolute Gasteiger partial charge is 0.335 e. The second-order valence-electron chi connectivity index (χ2n) is 3.28. The second kappa shape index (κ2) is 3.96. The van der Waals surface area contributed by atoms with Crippen LogP contribution in [0.2, 0.25) is 0 Å². The van der Waals surface area contributed by atoms with E-state index in [1.54, 1.807) is 0 Å². The van der Waals surface area contributed by atoms with E-state index < -0.39 is 23.7 Å². The molecule has 0 bridgehead atoms. The molecule has 0 amide bonds. The van der Waals surface area contributed by atoms with Crippen LogP contribution in [0.1, 0.15) is 11.9 Å². The number of imidazole rings is 1. The standard InChI is InChI=1S/C8H8N4O5/c13-3(4(14)8(16)17)6-11-5-2(7(15)12-6)9-1-10-5/h1,3-4,13-14H,(H,16,17)(H2,9,10,11,12,15). The van der Waals surface area contributed by atoms with Crippen molar-refractivity contribution in [2.24, 2.45) is 0 Å². The van der Waals surface area contributed by atoms with Crippen molar-refractivity contribution < 1.29 is 20.1 Å². The molecule has 0 aliphatic carbocycles. The van der Waals surface area contributed by atoms with Crippen molar-refractivity contribution in [3.63, 3.8) is 0 Å². The molecule has 2 rings (SSSR count). The van der Waals surface area contributed by atoms with Gasteiger partial charge in [0, 0.05) is 0 Å². The van der Waals surface area contributed by atoms with Crippen LogP contribution in [0.5, 0.6) is 0 Å². The highest BCUT2D eigenvalue weighted by Crippen LogP contribution is 2.12. The van der Waals surface area contributed by atoms with E-state index in [0.717, 1.165) is 0 Å². The molecule has 9 heteroatoms. The van der Waals surface area contributed by atoms with Gasteiger partial charge < -0.3 is 25.3 Å². The Hall–Kier alpha value is -2.26. The summed E-state index contributed by atoms with van der Waals surface area (Å²) >= 11 is 0. The highest BCUT2D eigenvalue weighted by Gasteiger charge is 2.27. The van der Waals surface area contributed by atoms with Gasteiger partial charge in [-0.1, -0.05) is 0 Å². The molecule has 2 aromatic heterocycles. The van der Waals surface area contributed by atoms with Gasteiger partial charge in [-0.15, -0.1) is 0 Å². The number of nitrogens with zero attached hydrogens (tertiary/aromatic N) is 2. The maximum absolute atomic E-state index is 11.5. The number of aliphatic hydroxyl groups is 2. The quantitative estimate of drug-likeness (QED) is 0.421. The van der Waals surface area contributed by atoms with Gasteiger partial charge in [-0.3, -0.25) is 4.79 Å². The van der Waals surface area contributed by atoms with E-state index in [-0.39, 0.29) is 17.0 Å². The molecule has 0 aromatic carbocycles. The summed E-state index contributed by atoms with van der Waals surface area (Å²) in [6, 6.07) is 0. The Bertz CT molecular complexity index is 618. The third kappa shape index (κ3) is 1.88. The first-order valence-corrected chi connectivity index (χ1v) is 4.53. The minimum absolute atomic E-state index is 0.0281. The fourth-order valence-corrected chi connectivity index (χ4v) is 1.28. The predicted molar refractivity (Wildman–Crippen MR) is 53.1 cm³/mol. The zero-order valence-corrected chi connectivity index (χ0v) is 8.28. The van der Waals surface area contributed by atoms with E-state index in [0.29, 0.717) is 0 Å². The van der Waals surface area contributed by atoms with Crippen molar-refractivity contribution in [3.8, 4) is 0 Å². The first-order valence-electron chi connectivity index (χ1n) is 4.53. The molecule has 17 heavy (non-hydrogen) atoms. The number of carbonyl (C=O) groups is 1. The molecule has 9 nitrogen and oxygen atoms in total. The van der Waals surface area contributed by atoms with Crippen LogP contribution in [0, 0.1) is 0 Å². The number of hydrogen-bond acceptors (Lipinski definition) is 6. The Morgan fingerprint density at radius 3 is 2.76 bits per heavy atom. The fraction of sp³-hybridized carbons (Fsp3) is 0.250. The summed E-state index contributed by atoms with van der Waals surface area (Å²) in [5, 5.41) is 27.1. The molecule has 0 aliphatic rings. The van der Waals surface area contributed by atoms with Crippen LogP contribution in [0.15, 0.2) is 11.1 Å². The predicted octanol–water partition coefficient (Wildman–Crippen LogP) is -1.87. The summed E-state index contributed by atoms with van der Waals surface area (Å²) in [6.45, 7) is 0. The summed E-state index contributed by atoms with van der Waals surface area (Å²) in [5.74, 6) is -1.98. The van der Waals surface area contributed by atoms with Crippen LogP contribution < -0.4 is 5.56 Å². The fourth-order valence-electron chi connectivity index (χ4n) is 1.28. The molecule has 2 unspecified atom stereocenters. The first-order chi connectivity index (χ1) is 8.00. The van der Waals surface area contributed by atoms with Gasteiger partial charge in [0.25, 0.3) is 5.56 Å². The molecular weight excluding hydrogens is 232 g/mol. The lowest BCUT2D eigenvalue weighted by Gasteiger charge is -2.12. The average molecular weight is 240 g/mol. The zero-order valence-electron chi connectivity index (χ0n) is 8.28. The van der Waals surface area contributed by atoms with Crippen molar-refractivity contribution in [1.29, 1.82) is 0 Å². The molecule has 0 aliphatic heterocycles. The number of aliphatic hydroxyl groups excluding tert-OH is 2. The van der Waals surface area contributed by atoms with E-state index in [2.05, 4.69) is 19.9 Å². The second-order valence-corrected chi connectivity index (χ2v) is 3.28. The van der Waals surface area contributed by atoms with Crippen LogP contribution in [-0.2, 0) is 4.79 Å². The number of hydrogen-bond donors (Lipinski definition) is 5. The number of carboxylic acid groups (broad SMARTS) is 1. The maximum atomic E-state index is 11.5. The van der Waals surface area contributed by atoms with Crippen LogP contribution in [0.4, 0.5) is 0 Å². The molecule has 0 saturated carbocycles. The highest BCUT2D eigenvalue weighted by molar-refractivity contribution is 5.73. The van der Waals surface area contributed by atoms with Gasteiger partial charge in [-0.05, 0) is 0 Å². The van der Waals surface area contributed by atoms with E-state index in [4.69, 9.17) is 10.2 Å². The normalized spacial score (nSPS) is 14.7. The van der Waals surface area contributed by atoms with Gasteiger partial charge in [0.1, 0.15) is 11.9 Å². The van der Waals surface area contributed by atoms with Gasteiger partial charge in [0.05, 0.1) is 6.33 Å². The van der Waals surface area contributed by atoms with Crippen molar-refractivity contribution in [3.05, 3.63) is 22.5 Å². The topological polar surface area (TPSA) is 152 Å². The monoisotopic (exact) mass is 240 g/mol. The summed E-state index contributed by atoms with van der Waals surface area (Å²) < 4.78 is 0. The van der Waals surface area contributed by atoms with Crippen LogP contribution in [-0.4, -0.2) is 47.3 Å². The van der Waals surface area contributed by atoms with Gasteiger partial charge in [0.2, 0.25) is 0 Å². The summed E-state index contributed by atoms with van der Waals surface area (Å²) in [5.41, 5.74) is -0.481. The molecule has 0 saturated heterocycles. The van der Waals surface area contributed by atoms with E-state index in [1.165, 1.54) is 6.33 Å². The van der Waals surface area contributed by atoms with Crippen LogP contribution >= 0.6 is 0 Å². The molecule has 0 radical (unpaired) electrons. The Morgan fingerprint density at radius 2 is 2.12 bits per heavy atom. The molecule has 0 fully saturated rings. The Kier molecular flexibility index (Phi) is 2.61. The van der Waals surface area contributed by atoms with Gasteiger partial charge in [-0.2, -0.15) is 0 Å². The summed E-state index contributed by atoms with van der Waals surface area (Å²) in [6.07, 6.45) is -2.67. The minimum Gasteiger partial charge on any atom is -0.479 e. The maximum Gasteiger partial charge on any atom is 0.335 e. The molecule has 2 heterocycles. The Labute approximate surface area is 92.8 Å². The van der Waals surface area contributed by atoms with Crippen molar-refractivity contribution >= 4 is 17.1 Å². The Morgan fingerprint density at radius 1 is 1.41 bits per heavy atom. The molecule has 0 spiro atoms. The van der Waals surface area contributed by atoms with E-state index in [9.17, 15) is 14.7 Å². The number of aliphatic carboxylic acids is 1. The van der Waals surface area contributed by atoms with Crippen LogP contribution in [0.3, 0.4) is 0 Å². The lowest BCUT2D eigenvalue weighted by atomic mass is 10.2. The number of fused-ring (bicyclic) bond motifs is 1. The number of aromatic amines is 2. The molecule has 90 valence electrons. The lowest BCUT2D eigenvalue weighted by Crippen LogP contribution is -2.30. The van der Waals surface area contributed by atoms with Crippen molar-refractivity contribution in [1.82, 2.24) is 19.9 Å². The summed E-state index contributed by atoms with van der Waals surface area (Å²) in [7, 11) is 0. The van der Waals surface area contributed by atoms with Gasteiger partial charge >= 0.3 is 5.97 Å². The number of nitrogens with one attached hydrogen (secondary N) is 2. The molecule has 2 aromatic rings. The SMILES string of the molecule is O=C(O)C(O)C(O)c1nc2nc[nH]c2c(=O)[nH]1. The third-order valence-corrected chi connectivity index (χ3v) is 2.15. The first kappa shape index (κ1) is 11.2. The summed E-state index contributed by atoms with van der Waals surface area (Å²) in [4.78, 5) is 34.0. The number of aromatic nitrogens is 4. The zero-order chi connectivity index (χ0) is 12.6. The number of rotatable bonds is 3. The number of carboxylic acids is 1. The minimum atomic E-state index is -2.07.